The Morgan fingerprint density at radius 2 is 1.73 bits per heavy atom. The molecule has 0 amide bonds. The third-order valence-electron chi connectivity index (χ3n) is 4.94. The first kappa shape index (κ1) is 9.09. The Hall–Kier alpha value is 0. The van der Waals surface area contributed by atoms with Gasteiger partial charge in [-0.05, 0) is 29.1 Å². The largest absolute Gasteiger partial charge is 0.0648 e. The molecule has 1 aliphatic rings. The van der Waals surface area contributed by atoms with E-state index in [0.717, 1.165) is 11.8 Å². The van der Waals surface area contributed by atoms with Crippen LogP contribution in [0.25, 0.3) is 0 Å². The molecule has 66 valence electrons. The fourth-order valence-corrected chi connectivity index (χ4v) is 3.03. The lowest BCUT2D eigenvalue weighted by Crippen LogP contribution is -2.13. The van der Waals surface area contributed by atoms with Crippen LogP contribution in [0.4, 0.5) is 0 Å². The van der Waals surface area contributed by atoms with E-state index in [1.54, 1.807) is 0 Å². The molecular weight excluding hydrogens is 132 g/mol. The highest BCUT2D eigenvalue weighted by Gasteiger charge is 2.67. The first-order valence-electron chi connectivity index (χ1n) is 4.91. The highest BCUT2D eigenvalue weighted by molar-refractivity contribution is 5.15. The van der Waals surface area contributed by atoms with Gasteiger partial charge in [0.15, 0.2) is 0 Å². The second-order valence-corrected chi connectivity index (χ2v) is 4.93. The van der Waals surface area contributed by atoms with Gasteiger partial charge in [-0.2, -0.15) is 0 Å². The Balaban J connectivity index is 2.80. The fourth-order valence-electron chi connectivity index (χ4n) is 3.03. The van der Waals surface area contributed by atoms with Gasteiger partial charge < -0.3 is 0 Å². The zero-order chi connectivity index (χ0) is 8.86. The van der Waals surface area contributed by atoms with Crippen molar-refractivity contribution in [2.24, 2.45) is 22.7 Å². The summed E-state index contributed by atoms with van der Waals surface area (Å²) >= 11 is 0. The molecule has 0 nitrogen and oxygen atoms in total. The van der Waals surface area contributed by atoms with Crippen molar-refractivity contribution in [1.29, 1.82) is 0 Å². The van der Waals surface area contributed by atoms with Gasteiger partial charge in [-0.1, -0.05) is 41.5 Å². The summed E-state index contributed by atoms with van der Waals surface area (Å²) in [6.07, 6.45) is 1.34. The van der Waals surface area contributed by atoms with Crippen molar-refractivity contribution in [3.05, 3.63) is 0 Å². The summed E-state index contributed by atoms with van der Waals surface area (Å²) in [5.74, 6) is 1.75. The zero-order valence-corrected chi connectivity index (χ0v) is 8.86. The van der Waals surface area contributed by atoms with Gasteiger partial charge in [-0.3, -0.25) is 0 Å². The van der Waals surface area contributed by atoms with Crippen LogP contribution in [-0.2, 0) is 0 Å². The third-order valence-corrected chi connectivity index (χ3v) is 4.94. The molecule has 0 N–H and O–H groups in total. The molecule has 0 heteroatoms. The van der Waals surface area contributed by atoms with Gasteiger partial charge in [0.2, 0.25) is 0 Å². The zero-order valence-electron chi connectivity index (χ0n) is 8.86. The molecule has 1 aliphatic carbocycles. The molecule has 1 rings (SSSR count). The molecule has 11 heavy (non-hydrogen) atoms. The van der Waals surface area contributed by atoms with E-state index in [1.165, 1.54) is 6.42 Å². The molecule has 0 spiro atoms. The summed E-state index contributed by atoms with van der Waals surface area (Å²) in [6, 6.07) is 0. The number of hydrogen-bond acceptors (Lipinski definition) is 0. The highest BCUT2D eigenvalue weighted by atomic mass is 14.7. The van der Waals surface area contributed by atoms with E-state index in [4.69, 9.17) is 0 Å². The molecule has 0 aromatic rings. The van der Waals surface area contributed by atoms with Crippen LogP contribution < -0.4 is 0 Å². The summed E-state index contributed by atoms with van der Waals surface area (Å²) < 4.78 is 0. The first-order chi connectivity index (χ1) is 4.91. The van der Waals surface area contributed by atoms with Crippen LogP contribution in [0.2, 0.25) is 0 Å². The van der Waals surface area contributed by atoms with E-state index in [9.17, 15) is 0 Å². The SMILES string of the molecule is CCC1(C)C(C)C1(C)C(C)C. The molecule has 1 saturated carbocycles. The van der Waals surface area contributed by atoms with Crippen LogP contribution >= 0.6 is 0 Å². The molecule has 1 fully saturated rings. The van der Waals surface area contributed by atoms with Crippen LogP contribution in [0.1, 0.15) is 48.0 Å². The van der Waals surface area contributed by atoms with E-state index in [2.05, 4.69) is 41.5 Å². The molecule has 3 unspecified atom stereocenters. The van der Waals surface area contributed by atoms with Crippen LogP contribution in [0.3, 0.4) is 0 Å². The van der Waals surface area contributed by atoms with E-state index in [1.807, 2.05) is 0 Å². The average molecular weight is 154 g/mol. The smallest absolute Gasteiger partial charge is 0.0215 e. The minimum atomic E-state index is 0.613. The molecule has 0 aromatic heterocycles. The van der Waals surface area contributed by atoms with Crippen molar-refractivity contribution < 1.29 is 0 Å². The molecule has 3 atom stereocenters. The number of rotatable bonds is 2. The van der Waals surface area contributed by atoms with Crippen LogP contribution in [0.5, 0.6) is 0 Å². The van der Waals surface area contributed by atoms with Crippen molar-refractivity contribution in [3.63, 3.8) is 0 Å². The second-order valence-electron chi connectivity index (χ2n) is 4.93. The standard InChI is InChI=1S/C11H22/c1-7-10(5)9(4)11(10,6)8(2)3/h8-9H,7H2,1-6H3. The Kier molecular flexibility index (Phi) is 1.85. The molecule has 0 bridgehead atoms. The van der Waals surface area contributed by atoms with Gasteiger partial charge in [0, 0.05) is 0 Å². The Morgan fingerprint density at radius 1 is 1.27 bits per heavy atom. The summed E-state index contributed by atoms with van der Waals surface area (Å²) in [6.45, 7) is 14.3. The quantitative estimate of drug-likeness (QED) is 0.568. The van der Waals surface area contributed by atoms with Gasteiger partial charge in [-0.25, -0.2) is 0 Å². The van der Waals surface area contributed by atoms with E-state index in [-0.39, 0.29) is 0 Å². The lowest BCUT2D eigenvalue weighted by atomic mass is 9.84. The fraction of sp³-hybridized carbons (Fsp3) is 1.00. The minimum absolute atomic E-state index is 0.613. The van der Waals surface area contributed by atoms with Gasteiger partial charge in [0.1, 0.15) is 0 Å². The molecular formula is C11H22. The maximum atomic E-state index is 2.45. The molecule has 0 radical (unpaired) electrons. The normalized spacial score (nSPS) is 49.9. The molecule has 0 aliphatic heterocycles. The monoisotopic (exact) mass is 154 g/mol. The summed E-state index contributed by atoms with van der Waals surface area (Å²) in [7, 11) is 0. The maximum absolute atomic E-state index is 2.45. The van der Waals surface area contributed by atoms with Crippen LogP contribution in [-0.4, -0.2) is 0 Å². The first-order valence-corrected chi connectivity index (χ1v) is 4.91. The average Bonchev–Trinajstić information content (AvgIpc) is 2.39. The van der Waals surface area contributed by atoms with Crippen molar-refractivity contribution in [2.75, 3.05) is 0 Å². The minimum Gasteiger partial charge on any atom is -0.0648 e. The van der Waals surface area contributed by atoms with Gasteiger partial charge >= 0.3 is 0 Å². The predicted molar refractivity (Wildman–Crippen MR) is 50.5 cm³/mol. The molecule has 0 saturated heterocycles. The van der Waals surface area contributed by atoms with Gasteiger partial charge in [-0.15, -0.1) is 0 Å². The lowest BCUT2D eigenvalue weighted by molar-refractivity contribution is 0.284. The van der Waals surface area contributed by atoms with Crippen molar-refractivity contribution in [1.82, 2.24) is 0 Å². The maximum Gasteiger partial charge on any atom is -0.0215 e. The van der Waals surface area contributed by atoms with Crippen molar-refractivity contribution in [3.8, 4) is 0 Å². The van der Waals surface area contributed by atoms with Crippen LogP contribution in [0.15, 0.2) is 0 Å². The summed E-state index contributed by atoms with van der Waals surface area (Å²) in [5.41, 5.74) is 1.24. The number of hydrogen-bond donors (Lipinski definition) is 0. The van der Waals surface area contributed by atoms with Gasteiger partial charge in [0.25, 0.3) is 0 Å². The second kappa shape index (κ2) is 2.24. The predicted octanol–water partition coefficient (Wildman–Crippen LogP) is 3.71. The van der Waals surface area contributed by atoms with E-state index >= 15 is 0 Å². The topological polar surface area (TPSA) is 0 Å². The van der Waals surface area contributed by atoms with E-state index < -0.39 is 0 Å². The summed E-state index contributed by atoms with van der Waals surface area (Å²) in [4.78, 5) is 0. The van der Waals surface area contributed by atoms with E-state index in [0.29, 0.717) is 10.8 Å². The Labute approximate surface area is 71.4 Å². The lowest BCUT2D eigenvalue weighted by Gasteiger charge is -2.20. The summed E-state index contributed by atoms with van der Waals surface area (Å²) in [5, 5.41) is 0. The third kappa shape index (κ3) is 0.816. The van der Waals surface area contributed by atoms with Gasteiger partial charge in [0.05, 0.1) is 0 Å². The highest BCUT2D eigenvalue weighted by Crippen LogP contribution is 2.73. The Bertz CT molecular complexity index is 159. The van der Waals surface area contributed by atoms with Crippen molar-refractivity contribution in [2.45, 2.75) is 48.0 Å². The van der Waals surface area contributed by atoms with Crippen molar-refractivity contribution >= 4 is 0 Å². The Morgan fingerprint density at radius 3 is 1.82 bits per heavy atom. The van der Waals surface area contributed by atoms with Crippen LogP contribution in [0, 0.1) is 22.7 Å². The molecule has 0 heterocycles. The molecule has 0 aromatic carbocycles.